The molecule has 4 aliphatic carbocycles. The average molecular weight is 390 g/mol. The van der Waals surface area contributed by atoms with Crippen LogP contribution in [0.4, 0.5) is 0 Å². The van der Waals surface area contributed by atoms with Crippen molar-refractivity contribution in [1.29, 1.82) is 0 Å². The molecule has 4 aliphatic rings. The first-order chi connectivity index (χ1) is 12.7. The first kappa shape index (κ1) is 19.7. The Labute approximate surface area is 167 Å². The lowest BCUT2D eigenvalue weighted by atomic mass is 9.48. The first-order valence-corrected chi connectivity index (χ1v) is 14.6. The molecule has 0 heterocycles. The molecule has 0 saturated heterocycles. The molecule has 0 aliphatic heterocycles. The minimum absolute atomic E-state index is 0.275. The van der Waals surface area contributed by atoms with E-state index in [9.17, 15) is 0 Å². The summed E-state index contributed by atoms with van der Waals surface area (Å²) in [4.78, 5) is 5.20. The second-order valence-electron chi connectivity index (χ2n) is 11.1. The van der Waals surface area contributed by atoms with Gasteiger partial charge in [-0.15, -0.1) is 0 Å². The van der Waals surface area contributed by atoms with Crippen molar-refractivity contribution in [1.82, 2.24) is 0 Å². The third-order valence-corrected chi connectivity index (χ3v) is 9.56. The predicted molar refractivity (Wildman–Crippen MR) is 114 cm³/mol. The average Bonchev–Trinajstić information content (AvgIpc) is 2.91. The molecular weight excluding hydrogens is 350 g/mol. The van der Waals surface area contributed by atoms with E-state index in [4.69, 9.17) is 9.26 Å². The van der Waals surface area contributed by atoms with Crippen LogP contribution >= 0.6 is 0 Å². The highest BCUT2D eigenvalue weighted by molar-refractivity contribution is 6.69. The first-order valence-electron chi connectivity index (χ1n) is 11.2. The molecule has 0 spiro atoms. The molecular formula is C23H39NO2Si. The lowest BCUT2D eigenvalue weighted by molar-refractivity contribution is -0.0194. The molecule has 27 heavy (non-hydrogen) atoms. The summed E-state index contributed by atoms with van der Waals surface area (Å²) in [6, 6.07) is 0. The Hall–Kier alpha value is -0.613. The van der Waals surface area contributed by atoms with Crippen LogP contribution in [0.2, 0.25) is 19.6 Å². The van der Waals surface area contributed by atoms with Crippen LogP contribution in [0.15, 0.2) is 16.8 Å². The van der Waals surface area contributed by atoms with Gasteiger partial charge in [-0.2, -0.15) is 0 Å². The Balaban J connectivity index is 1.57. The second kappa shape index (κ2) is 6.72. The standard InChI is InChI=1S/C23H39NO2Si/c1-22-13-11-17(26-27(4,5)6)15-16(22)7-8-18-19-9-10-21(24-25-3)23(19,2)14-12-20(18)22/h7,17-20H,8-15H2,1-6H3. The molecule has 4 heteroatoms. The van der Waals surface area contributed by atoms with E-state index in [0.29, 0.717) is 11.5 Å². The SMILES string of the molecule is CON=C1CCC2C3CC=C4CC(O[Si](C)(C)C)CCC4(C)C3CCC12C. The van der Waals surface area contributed by atoms with Crippen molar-refractivity contribution in [2.75, 3.05) is 7.11 Å². The third-order valence-electron chi connectivity index (χ3n) is 8.52. The highest BCUT2D eigenvalue weighted by Gasteiger charge is 2.58. The van der Waals surface area contributed by atoms with Gasteiger partial charge in [-0.1, -0.05) is 30.7 Å². The second-order valence-corrected chi connectivity index (χ2v) is 15.5. The van der Waals surface area contributed by atoms with Gasteiger partial charge in [-0.3, -0.25) is 0 Å². The van der Waals surface area contributed by atoms with Gasteiger partial charge in [0.1, 0.15) is 7.11 Å². The van der Waals surface area contributed by atoms with E-state index in [1.807, 2.05) is 0 Å². The fourth-order valence-corrected chi connectivity index (χ4v) is 8.48. The predicted octanol–water partition coefficient (Wildman–Crippen LogP) is 6.17. The summed E-state index contributed by atoms with van der Waals surface area (Å²) in [7, 11) is 0.246. The Morgan fingerprint density at radius 3 is 2.44 bits per heavy atom. The highest BCUT2D eigenvalue weighted by atomic mass is 28.4. The molecule has 0 amide bonds. The summed E-state index contributed by atoms with van der Waals surface area (Å²) in [5, 5.41) is 4.45. The molecule has 0 aromatic carbocycles. The van der Waals surface area contributed by atoms with Crippen molar-refractivity contribution in [3.8, 4) is 0 Å². The maximum atomic E-state index is 6.50. The normalized spacial score (nSPS) is 45.7. The minimum Gasteiger partial charge on any atom is -0.414 e. The van der Waals surface area contributed by atoms with Crippen molar-refractivity contribution in [2.24, 2.45) is 33.7 Å². The fourth-order valence-electron chi connectivity index (χ4n) is 7.28. The number of allylic oxidation sites excluding steroid dienone is 1. The Morgan fingerprint density at radius 1 is 1.04 bits per heavy atom. The Kier molecular flexibility index (Phi) is 4.90. The van der Waals surface area contributed by atoms with Crippen LogP contribution in [-0.4, -0.2) is 27.2 Å². The van der Waals surface area contributed by atoms with E-state index < -0.39 is 8.32 Å². The highest BCUT2D eigenvalue weighted by Crippen LogP contribution is 2.64. The van der Waals surface area contributed by atoms with E-state index in [-0.39, 0.29) is 5.41 Å². The van der Waals surface area contributed by atoms with Gasteiger partial charge in [0.05, 0.1) is 5.71 Å². The molecule has 0 radical (unpaired) electrons. The van der Waals surface area contributed by atoms with E-state index in [0.717, 1.165) is 24.2 Å². The molecule has 4 rings (SSSR count). The lowest BCUT2D eigenvalue weighted by Gasteiger charge is -2.57. The van der Waals surface area contributed by atoms with Gasteiger partial charge in [0.25, 0.3) is 0 Å². The zero-order valence-corrected chi connectivity index (χ0v) is 19.3. The summed E-state index contributed by atoms with van der Waals surface area (Å²) < 4.78 is 6.50. The van der Waals surface area contributed by atoms with Crippen LogP contribution in [-0.2, 0) is 9.26 Å². The summed E-state index contributed by atoms with van der Waals surface area (Å²) >= 11 is 0. The number of nitrogens with zero attached hydrogens (tertiary/aromatic N) is 1. The number of oxime groups is 1. The molecule has 0 N–H and O–H groups in total. The van der Waals surface area contributed by atoms with Crippen LogP contribution in [0.3, 0.4) is 0 Å². The van der Waals surface area contributed by atoms with Crippen molar-refractivity contribution < 1.29 is 9.26 Å². The molecule has 0 aromatic rings. The van der Waals surface area contributed by atoms with Gasteiger partial charge in [0, 0.05) is 11.5 Å². The van der Waals surface area contributed by atoms with E-state index in [2.05, 4.69) is 44.7 Å². The van der Waals surface area contributed by atoms with Gasteiger partial charge >= 0.3 is 0 Å². The molecule has 152 valence electrons. The minimum atomic E-state index is -1.46. The van der Waals surface area contributed by atoms with E-state index in [1.54, 1.807) is 12.7 Å². The Bertz CT molecular complexity index is 651. The van der Waals surface area contributed by atoms with Crippen LogP contribution in [0, 0.1) is 28.6 Å². The smallest absolute Gasteiger partial charge is 0.184 e. The monoisotopic (exact) mass is 389 g/mol. The number of hydrogen-bond donors (Lipinski definition) is 0. The van der Waals surface area contributed by atoms with Crippen LogP contribution in [0.25, 0.3) is 0 Å². The summed E-state index contributed by atoms with van der Waals surface area (Å²) in [5.41, 5.74) is 3.74. The maximum absolute atomic E-state index is 6.50. The van der Waals surface area contributed by atoms with Crippen LogP contribution in [0.5, 0.6) is 0 Å². The van der Waals surface area contributed by atoms with Gasteiger partial charge in [0.15, 0.2) is 8.32 Å². The van der Waals surface area contributed by atoms with Gasteiger partial charge in [0.2, 0.25) is 0 Å². The van der Waals surface area contributed by atoms with Crippen molar-refractivity contribution in [3.63, 3.8) is 0 Å². The molecule has 0 aromatic heterocycles. The van der Waals surface area contributed by atoms with Crippen LogP contribution < -0.4 is 0 Å². The zero-order chi connectivity index (χ0) is 19.4. The number of hydrogen-bond acceptors (Lipinski definition) is 3. The molecule has 6 unspecified atom stereocenters. The molecule has 3 nitrogen and oxygen atoms in total. The number of fused-ring (bicyclic) bond motifs is 5. The van der Waals surface area contributed by atoms with Crippen molar-refractivity contribution >= 4 is 14.0 Å². The molecule has 0 bridgehead atoms. The molecule has 3 fully saturated rings. The van der Waals surface area contributed by atoms with Gasteiger partial charge < -0.3 is 9.26 Å². The van der Waals surface area contributed by atoms with E-state index >= 15 is 0 Å². The van der Waals surface area contributed by atoms with Crippen molar-refractivity contribution in [3.05, 3.63) is 11.6 Å². The topological polar surface area (TPSA) is 30.8 Å². The van der Waals surface area contributed by atoms with Gasteiger partial charge in [-0.25, -0.2) is 0 Å². The quantitative estimate of drug-likeness (QED) is 0.328. The van der Waals surface area contributed by atoms with Crippen molar-refractivity contribution in [2.45, 2.75) is 91.0 Å². The molecule has 3 saturated carbocycles. The lowest BCUT2D eigenvalue weighted by Crippen LogP contribution is -2.51. The summed E-state index contributed by atoms with van der Waals surface area (Å²) in [6.45, 7) is 12.0. The van der Waals surface area contributed by atoms with E-state index in [1.165, 1.54) is 50.7 Å². The molecule has 6 atom stereocenters. The van der Waals surface area contributed by atoms with Crippen LogP contribution in [0.1, 0.15) is 65.2 Å². The summed E-state index contributed by atoms with van der Waals surface area (Å²) in [6.07, 6.45) is 13.2. The Morgan fingerprint density at radius 2 is 1.74 bits per heavy atom. The summed E-state index contributed by atoms with van der Waals surface area (Å²) in [5.74, 6) is 2.47. The maximum Gasteiger partial charge on any atom is 0.184 e. The third kappa shape index (κ3) is 3.25. The fraction of sp³-hybridized carbons (Fsp3) is 0.870. The van der Waals surface area contributed by atoms with Gasteiger partial charge in [-0.05, 0) is 94.2 Å². The number of rotatable bonds is 3. The largest absolute Gasteiger partial charge is 0.414 e. The zero-order valence-electron chi connectivity index (χ0n) is 18.3.